The summed E-state index contributed by atoms with van der Waals surface area (Å²) in [6, 6.07) is 2.02. The van der Waals surface area contributed by atoms with Crippen LogP contribution in [0.4, 0.5) is 0 Å². The SMILES string of the molecule is CCC1CC(C(=O)O)C(C(=O)NCc2sccc2C)C1. The standard InChI is InChI=1S/C15H21NO3S/c1-3-10-6-11(12(7-10)15(18)19)14(17)16-8-13-9(2)4-5-20-13/h4-5,10-12H,3,6-8H2,1-2H3,(H,16,17)(H,18,19). The number of thiophene rings is 1. The van der Waals surface area contributed by atoms with E-state index in [1.165, 1.54) is 5.56 Å². The average Bonchev–Trinajstić information content (AvgIpc) is 3.02. The minimum Gasteiger partial charge on any atom is -0.481 e. The summed E-state index contributed by atoms with van der Waals surface area (Å²) >= 11 is 1.62. The summed E-state index contributed by atoms with van der Waals surface area (Å²) in [5.41, 5.74) is 1.17. The maximum atomic E-state index is 12.3. The zero-order valence-electron chi connectivity index (χ0n) is 11.9. The molecule has 0 aromatic carbocycles. The first-order valence-corrected chi connectivity index (χ1v) is 7.94. The maximum absolute atomic E-state index is 12.3. The van der Waals surface area contributed by atoms with Crippen molar-refractivity contribution in [2.45, 2.75) is 39.7 Å². The maximum Gasteiger partial charge on any atom is 0.307 e. The summed E-state index contributed by atoms with van der Waals surface area (Å²) in [5.74, 6) is -1.49. The molecule has 0 saturated heterocycles. The van der Waals surface area contributed by atoms with Crippen molar-refractivity contribution in [2.75, 3.05) is 0 Å². The Morgan fingerprint density at radius 3 is 2.65 bits per heavy atom. The number of aliphatic carboxylic acids is 1. The third-order valence-electron chi connectivity index (χ3n) is 4.28. The van der Waals surface area contributed by atoms with E-state index in [9.17, 15) is 14.7 Å². The van der Waals surface area contributed by atoms with Gasteiger partial charge in [-0.25, -0.2) is 0 Å². The van der Waals surface area contributed by atoms with E-state index in [1.807, 2.05) is 18.4 Å². The van der Waals surface area contributed by atoms with Gasteiger partial charge in [0, 0.05) is 4.88 Å². The Morgan fingerprint density at radius 1 is 1.40 bits per heavy atom. The molecule has 1 fully saturated rings. The number of hydrogen-bond donors (Lipinski definition) is 2. The largest absolute Gasteiger partial charge is 0.481 e. The zero-order chi connectivity index (χ0) is 14.7. The summed E-state index contributed by atoms with van der Waals surface area (Å²) in [7, 11) is 0. The zero-order valence-corrected chi connectivity index (χ0v) is 12.7. The fourth-order valence-electron chi connectivity index (χ4n) is 2.92. The molecule has 1 aliphatic carbocycles. The van der Waals surface area contributed by atoms with Crippen LogP contribution in [0, 0.1) is 24.7 Å². The topological polar surface area (TPSA) is 66.4 Å². The highest BCUT2D eigenvalue weighted by Crippen LogP contribution is 2.38. The average molecular weight is 295 g/mol. The fourth-order valence-corrected chi connectivity index (χ4v) is 3.77. The smallest absolute Gasteiger partial charge is 0.307 e. The van der Waals surface area contributed by atoms with Crippen molar-refractivity contribution in [1.29, 1.82) is 0 Å². The van der Waals surface area contributed by atoms with Gasteiger partial charge in [0.2, 0.25) is 5.91 Å². The molecule has 1 aromatic rings. The van der Waals surface area contributed by atoms with E-state index in [4.69, 9.17) is 0 Å². The number of amides is 1. The van der Waals surface area contributed by atoms with Crippen molar-refractivity contribution in [1.82, 2.24) is 5.32 Å². The molecule has 20 heavy (non-hydrogen) atoms. The van der Waals surface area contributed by atoms with E-state index < -0.39 is 11.9 Å². The summed E-state index contributed by atoms with van der Waals surface area (Å²) < 4.78 is 0. The van der Waals surface area contributed by atoms with Crippen LogP contribution in [-0.2, 0) is 16.1 Å². The number of nitrogens with one attached hydrogen (secondary N) is 1. The van der Waals surface area contributed by atoms with Crippen molar-refractivity contribution in [3.8, 4) is 0 Å². The minimum absolute atomic E-state index is 0.110. The molecule has 5 heteroatoms. The normalized spacial score (nSPS) is 25.6. The Hall–Kier alpha value is -1.36. The second-order valence-corrected chi connectivity index (χ2v) is 6.54. The van der Waals surface area contributed by atoms with E-state index in [0.717, 1.165) is 11.3 Å². The van der Waals surface area contributed by atoms with Crippen molar-refractivity contribution in [3.63, 3.8) is 0 Å². The fraction of sp³-hybridized carbons (Fsp3) is 0.600. The molecule has 1 saturated carbocycles. The van der Waals surface area contributed by atoms with Crippen molar-refractivity contribution in [2.24, 2.45) is 17.8 Å². The number of aryl methyl sites for hydroxylation is 1. The first-order valence-electron chi connectivity index (χ1n) is 7.06. The van der Waals surface area contributed by atoms with Gasteiger partial charge in [0.05, 0.1) is 18.4 Å². The van der Waals surface area contributed by atoms with Crippen LogP contribution in [0.3, 0.4) is 0 Å². The van der Waals surface area contributed by atoms with E-state index in [-0.39, 0.29) is 11.8 Å². The molecule has 3 atom stereocenters. The van der Waals surface area contributed by atoms with Crippen molar-refractivity contribution in [3.05, 3.63) is 21.9 Å². The molecule has 1 heterocycles. The number of hydrogen-bond acceptors (Lipinski definition) is 3. The van der Waals surface area contributed by atoms with Gasteiger partial charge in [-0.3, -0.25) is 9.59 Å². The van der Waals surface area contributed by atoms with Crippen LogP contribution in [0.2, 0.25) is 0 Å². The molecule has 0 bridgehead atoms. The van der Waals surface area contributed by atoms with Gasteiger partial charge in [0.15, 0.2) is 0 Å². The van der Waals surface area contributed by atoms with Gasteiger partial charge in [-0.2, -0.15) is 0 Å². The Balaban J connectivity index is 1.97. The molecule has 1 aliphatic rings. The first-order chi connectivity index (χ1) is 9.52. The highest BCUT2D eigenvalue weighted by molar-refractivity contribution is 7.10. The molecule has 0 spiro atoms. The number of carboxylic acid groups (broad SMARTS) is 1. The summed E-state index contributed by atoms with van der Waals surface area (Å²) in [4.78, 5) is 24.7. The first kappa shape index (κ1) is 15.0. The lowest BCUT2D eigenvalue weighted by Gasteiger charge is -2.15. The molecular formula is C15H21NO3S. The summed E-state index contributed by atoms with van der Waals surface area (Å²) in [6.45, 7) is 4.57. The third kappa shape index (κ3) is 3.20. The Kier molecular flexibility index (Phi) is 4.81. The number of carbonyl (C=O) groups excluding carboxylic acids is 1. The van der Waals surface area contributed by atoms with Gasteiger partial charge in [-0.1, -0.05) is 13.3 Å². The van der Waals surface area contributed by atoms with Crippen LogP contribution in [-0.4, -0.2) is 17.0 Å². The monoisotopic (exact) mass is 295 g/mol. The molecule has 1 aromatic heterocycles. The van der Waals surface area contributed by atoms with Crippen molar-refractivity contribution < 1.29 is 14.7 Å². The molecule has 4 nitrogen and oxygen atoms in total. The highest BCUT2D eigenvalue weighted by Gasteiger charge is 2.41. The second-order valence-electron chi connectivity index (χ2n) is 5.54. The van der Waals surface area contributed by atoms with Crippen molar-refractivity contribution >= 4 is 23.2 Å². The van der Waals surface area contributed by atoms with Crippen LogP contribution in [0.25, 0.3) is 0 Å². The van der Waals surface area contributed by atoms with E-state index in [2.05, 4.69) is 12.2 Å². The van der Waals surface area contributed by atoms with E-state index in [1.54, 1.807) is 11.3 Å². The molecule has 0 aliphatic heterocycles. The molecule has 3 unspecified atom stereocenters. The quantitative estimate of drug-likeness (QED) is 0.878. The van der Waals surface area contributed by atoms with Crippen LogP contribution in [0.5, 0.6) is 0 Å². The molecule has 1 amide bonds. The van der Waals surface area contributed by atoms with Gasteiger partial charge in [-0.15, -0.1) is 11.3 Å². The predicted octanol–water partition coefficient (Wildman–Crippen LogP) is 2.81. The lowest BCUT2D eigenvalue weighted by atomic mass is 9.95. The van der Waals surface area contributed by atoms with Crippen LogP contribution >= 0.6 is 11.3 Å². The Morgan fingerprint density at radius 2 is 2.10 bits per heavy atom. The molecule has 2 rings (SSSR count). The second kappa shape index (κ2) is 6.39. The van der Waals surface area contributed by atoms with E-state index in [0.29, 0.717) is 25.3 Å². The lowest BCUT2D eigenvalue weighted by molar-refractivity contribution is -0.146. The Bertz CT molecular complexity index is 497. The molecule has 0 radical (unpaired) electrons. The summed E-state index contributed by atoms with van der Waals surface area (Å²) in [5, 5.41) is 14.2. The Labute approximate surface area is 123 Å². The van der Waals surface area contributed by atoms with Gasteiger partial charge in [-0.05, 0) is 42.7 Å². The molecule has 2 N–H and O–H groups in total. The number of carboxylic acids is 1. The van der Waals surface area contributed by atoms with E-state index >= 15 is 0 Å². The highest BCUT2D eigenvalue weighted by atomic mass is 32.1. The predicted molar refractivity (Wildman–Crippen MR) is 78.5 cm³/mol. The van der Waals surface area contributed by atoms with Gasteiger partial charge in [0.25, 0.3) is 0 Å². The lowest BCUT2D eigenvalue weighted by Crippen LogP contribution is -2.34. The van der Waals surface area contributed by atoms with Gasteiger partial charge >= 0.3 is 5.97 Å². The van der Waals surface area contributed by atoms with Gasteiger partial charge in [0.1, 0.15) is 0 Å². The molecule has 110 valence electrons. The van der Waals surface area contributed by atoms with Crippen LogP contribution in [0.1, 0.15) is 36.6 Å². The van der Waals surface area contributed by atoms with Gasteiger partial charge < -0.3 is 10.4 Å². The van der Waals surface area contributed by atoms with Crippen LogP contribution < -0.4 is 5.32 Å². The number of carbonyl (C=O) groups is 2. The third-order valence-corrected chi connectivity index (χ3v) is 5.31. The molecular weight excluding hydrogens is 274 g/mol. The van der Waals surface area contributed by atoms with Crippen LogP contribution in [0.15, 0.2) is 11.4 Å². The number of rotatable bonds is 5. The minimum atomic E-state index is -0.839. The summed E-state index contributed by atoms with van der Waals surface area (Å²) in [6.07, 6.45) is 2.27.